The Morgan fingerprint density at radius 1 is 1.15 bits per heavy atom. The van der Waals surface area contributed by atoms with E-state index < -0.39 is 0 Å². The lowest BCUT2D eigenvalue weighted by Gasteiger charge is -2.26. The molecule has 4 rings (SSSR count). The third kappa shape index (κ3) is 3.15. The largest absolute Gasteiger partial charge is 0.497 e. The molecule has 0 saturated carbocycles. The van der Waals surface area contributed by atoms with E-state index in [1.165, 1.54) is 17.8 Å². The van der Waals surface area contributed by atoms with Crippen LogP contribution in [0.3, 0.4) is 0 Å². The van der Waals surface area contributed by atoms with E-state index in [2.05, 4.69) is 5.32 Å². The highest BCUT2D eigenvalue weighted by molar-refractivity contribution is 7.99. The van der Waals surface area contributed by atoms with Crippen molar-refractivity contribution in [2.75, 3.05) is 12.9 Å². The molecule has 1 heterocycles. The number of amides is 1. The smallest absolute Gasteiger partial charge is 0.251 e. The molecule has 0 saturated heterocycles. The summed E-state index contributed by atoms with van der Waals surface area (Å²) >= 11 is 1.51. The molecule has 1 aliphatic rings. The number of fused-ring (bicyclic) bond motifs is 2. The van der Waals surface area contributed by atoms with Crippen LogP contribution in [-0.2, 0) is 0 Å². The molecular weight excluding hydrogens is 349 g/mol. The highest BCUT2D eigenvalue weighted by Gasteiger charge is 2.24. The fourth-order valence-corrected chi connectivity index (χ4v) is 4.41. The van der Waals surface area contributed by atoms with E-state index in [1.54, 1.807) is 19.2 Å². The fraction of sp³-hybridized carbons (Fsp3) is 0.190. The molecule has 5 heteroatoms. The second-order valence-electron chi connectivity index (χ2n) is 6.25. The van der Waals surface area contributed by atoms with Gasteiger partial charge in [0, 0.05) is 16.2 Å². The maximum atomic E-state index is 14.0. The average Bonchev–Trinajstić information content (AvgIpc) is 2.68. The summed E-state index contributed by atoms with van der Waals surface area (Å²) in [5, 5.41) is 5.05. The summed E-state index contributed by atoms with van der Waals surface area (Å²) in [4.78, 5) is 13.4. The molecule has 1 aliphatic heterocycles. The van der Waals surface area contributed by atoms with Crippen molar-refractivity contribution >= 4 is 28.4 Å². The lowest BCUT2D eigenvalue weighted by Crippen LogP contribution is -2.30. The summed E-state index contributed by atoms with van der Waals surface area (Å²) in [5.41, 5.74) is 1.46. The number of ether oxygens (including phenoxy) is 1. The number of nitrogens with one attached hydrogen (secondary N) is 1. The minimum atomic E-state index is -0.217. The predicted octanol–water partition coefficient (Wildman–Crippen LogP) is 4.95. The third-order valence-corrected chi connectivity index (χ3v) is 5.80. The molecule has 3 aromatic rings. The highest BCUT2D eigenvalue weighted by Crippen LogP contribution is 2.37. The molecule has 1 unspecified atom stereocenters. The Hall–Kier alpha value is -2.53. The van der Waals surface area contributed by atoms with Crippen LogP contribution in [0.1, 0.15) is 28.4 Å². The van der Waals surface area contributed by atoms with E-state index in [-0.39, 0.29) is 17.8 Å². The van der Waals surface area contributed by atoms with Gasteiger partial charge in [0.1, 0.15) is 11.6 Å². The Balaban J connectivity index is 1.59. The van der Waals surface area contributed by atoms with Gasteiger partial charge in [-0.1, -0.05) is 24.3 Å². The first-order valence-corrected chi connectivity index (χ1v) is 9.44. The zero-order chi connectivity index (χ0) is 18.1. The van der Waals surface area contributed by atoms with Gasteiger partial charge in [-0.15, -0.1) is 11.8 Å². The Labute approximate surface area is 155 Å². The maximum Gasteiger partial charge on any atom is 0.251 e. The summed E-state index contributed by atoms with van der Waals surface area (Å²) in [6.45, 7) is 0. The lowest BCUT2D eigenvalue weighted by atomic mass is 10.0. The second-order valence-corrected chi connectivity index (χ2v) is 7.35. The molecule has 132 valence electrons. The van der Waals surface area contributed by atoms with E-state index in [4.69, 9.17) is 4.74 Å². The number of rotatable bonds is 3. The molecule has 0 bridgehead atoms. The van der Waals surface area contributed by atoms with Gasteiger partial charge in [0.25, 0.3) is 5.91 Å². The summed E-state index contributed by atoms with van der Waals surface area (Å²) in [7, 11) is 1.63. The van der Waals surface area contributed by atoms with E-state index >= 15 is 0 Å². The number of thioether (sulfide) groups is 1. The SMILES string of the molecule is COc1ccc2cc(C(=O)NC3CCSc4c(F)cccc43)ccc2c1. The number of hydrogen-bond donors (Lipinski definition) is 1. The van der Waals surface area contributed by atoms with E-state index in [0.717, 1.165) is 34.3 Å². The van der Waals surface area contributed by atoms with Crippen molar-refractivity contribution < 1.29 is 13.9 Å². The third-order valence-electron chi connectivity index (χ3n) is 4.64. The van der Waals surface area contributed by atoms with Crippen LogP contribution < -0.4 is 10.1 Å². The van der Waals surface area contributed by atoms with Gasteiger partial charge in [0.15, 0.2) is 0 Å². The van der Waals surface area contributed by atoms with Gasteiger partial charge in [0.05, 0.1) is 13.2 Å². The number of carbonyl (C=O) groups excluding carboxylic acids is 1. The zero-order valence-electron chi connectivity index (χ0n) is 14.3. The lowest BCUT2D eigenvalue weighted by molar-refractivity contribution is 0.0935. The summed E-state index contributed by atoms with van der Waals surface area (Å²) in [5.74, 6) is 1.21. The molecule has 1 N–H and O–H groups in total. The monoisotopic (exact) mass is 367 g/mol. The summed E-state index contributed by atoms with van der Waals surface area (Å²) in [6, 6.07) is 16.2. The van der Waals surface area contributed by atoms with Crippen LogP contribution in [0, 0.1) is 5.82 Å². The first-order valence-electron chi connectivity index (χ1n) is 8.45. The van der Waals surface area contributed by atoms with E-state index in [0.29, 0.717) is 10.5 Å². The van der Waals surface area contributed by atoms with Crippen LogP contribution in [-0.4, -0.2) is 18.8 Å². The van der Waals surface area contributed by atoms with Crippen LogP contribution in [0.25, 0.3) is 10.8 Å². The van der Waals surface area contributed by atoms with Crippen LogP contribution >= 0.6 is 11.8 Å². The van der Waals surface area contributed by atoms with Gasteiger partial charge < -0.3 is 10.1 Å². The molecule has 26 heavy (non-hydrogen) atoms. The molecule has 0 aliphatic carbocycles. The number of methoxy groups -OCH3 is 1. The first kappa shape index (κ1) is 16.9. The van der Waals surface area contributed by atoms with Gasteiger partial charge >= 0.3 is 0 Å². The van der Waals surface area contributed by atoms with Gasteiger partial charge in [-0.25, -0.2) is 4.39 Å². The topological polar surface area (TPSA) is 38.3 Å². The quantitative estimate of drug-likeness (QED) is 0.711. The van der Waals surface area contributed by atoms with Gasteiger partial charge in [-0.05, 0) is 53.1 Å². The molecule has 1 amide bonds. The van der Waals surface area contributed by atoms with Crippen molar-refractivity contribution in [2.45, 2.75) is 17.4 Å². The molecule has 0 radical (unpaired) electrons. The molecule has 0 fully saturated rings. The van der Waals surface area contributed by atoms with Crippen molar-refractivity contribution in [3.05, 3.63) is 71.5 Å². The normalized spacial score (nSPS) is 16.2. The van der Waals surface area contributed by atoms with Crippen molar-refractivity contribution in [2.24, 2.45) is 0 Å². The molecular formula is C21H18FNO2S. The van der Waals surface area contributed by atoms with Crippen molar-refractivity contribution in [1.29, 1.82) is 0 Å². The number of halogens is 1. The van der Waals surface area contributed by atoms with Gasteiger partial charge in [-0.2, -0.15) is 0 Å². The minimum absolute atomic E-state index is 0.144. The van der Waals surface area contributed by atoms with Crippen molar-refractivity contribution in [3.63, 3.8) is 0 Å². The average molecular weight is 367 g/mol. The molecule has 3 aromatic carbocycles. The van der Waals surface area contributed by atoms with Crippen LogP contribution in [0.5, 0.6) is 5.75 Å². The number of carbonyl (C=O) groups is 1. The molecule has 0 spiro atoms. The van der Waals surface area contributed by atoms with Gasteiger partial charge in [-0.3, -0.25) is 4.79 Å². The zero-order valence-corrected chi connectivity index (χ0v) is 15.1. The molecule has 0 aromatic heterocycles. The van der Waals surface area contributed by atoms with E-state index in [1.807, 2.05) is 36.4 Å². The van der Waals surface area contributed by atoms with Crippen LogP contribution in [0.15, 0.2) is 59.5 Å². The molecule has 3 nitrogen and oxygen atoms in total. The van der Waals surface area contributed by atoms with E-state index in [9.17, 15) is 9.18 Å². The maximum absolute atomic E-state index is 14.0. The predicted molar refractivity (Wildman–Crippen MR) is 102 cm³/mol. The Bertz CT molecular complexity index is 989. The Morgan fingerprint density at radius 2 is 1.96 bits per heavy atom. The number of benzene rings is 3. The summed E-state index contributed by atoms with van der Waals surface area (Å²) in [6.07, 6.45) is 0.789. The standard InChI is InChI=1S/C21H18FNO2S/c1-25-16-8-7-13-11-15(6-5-14(13)12-16)21(24)23-19-9-10-26-20-17(19)3-2-4-18(20)22/h2-8,11-12,19H,9-10H2,1H3,(H,23,24). The van der Waals surface area contributed by atoms with Crippen molar-refractivity contribution in [3.8, 4) is 5.75 Å². The highest BCUT2D eigenvalue weighted by atomic mass is 32.2. The first-order chi connectivity index (χ1) is 12.7. The second kappa shape index (κ2) is 7.00. The Kier molecular flexibility index (Phi) is 4.55. The molecule has 1 atom stereocenters. The number of hydrogen-bond acceptors (Lipinski definition) is 3. The van der Waals surface area contributed by atoms with Crippen LogP contribution in [0.2, 0.25) is 0 Å². The van der Waals surface area contributed by atoms with Gasteiger partial charge in [0.2, 0.25) is 0 Å². The van der Waals surface area contributed by atoms with Crippen molar-refractivity contribution in [1.82, 2.24) is 5.32 Å². The Morgan fingerprint density at radius 3 is 2.81 bits per heavy atom. The minimum Gasteiger partial charge on any atom is -0.497 e. The fourth-order valence-electron chi connectivity index (χ4n) is 3.27. The summed E-state index contributed by atoms with van der Waals surface area (Å²) < 4.78 is 19.2. The van der Waals surface area contributed by atoms with Crippen LogP contribution in [0.4, 0.5) is 4.39 Å².